The second-order valence-corrected chi connectivity index (χ2v) is 6.41. The third-order valence-electron chi connectivity index (χ3n) is 4.83. The molecule has 4 rings (SSSR count). The first-order valence-corrected chi connectivity index (χ1v) is 8.68. The quantitative estimate of drug-likeness (QED) is 0.917. The molecule has 26 heavy (non-hydrogen) atoms. The van der Waals surface area contributed by atoms with Gasteiger partial charge in [-0.15, -0.1) is 0 Å². The van der Waals surface area contributed by atoms with Crippen molar-refractivity contribution in [3.8, 4) is 11.5 Å². The van der Waals surface area contributed by atoms with Gasteiger partial charge in [0.2, 0.25) is 0 Å². The molecule has 0 saturated carbocycles. The summed E-state index contributed by atoms with van der Waals surface area (Å²) in [5.74, 6) is 0.217. The van der Waals surface area contributed by atoms with E-state index >= 15 is 0 Å². The van der Waals surface area contributed by atoms with E-state index in [0.29, 0.717) is 36.8 Å². The predicted octanol–water partition coefficient (Wildman–Crippen LogP) is 3.13. The third kappa shape index (κ3) is 2.87. The number of hydrogen-bond donors (Lipinski definition) is 1. The summed E-state index contributed by atoms with van der Waals surface area (Å²) in [6, 6.07) is 11.8. The fourth-order valence-electron chi connectivity index (χ4n) is 3.64. The van der Waals surface area contributed by atoms with Gasteiger partial charge in [-0.25, -0.2) is 4.79 Å². The minimum atomic E-state index is -1.04. The molecule has 2 aliphatic rings. The number of carboxylic acid groups (broad SMARTS) is 1. The van der Waals surface area contributed by atoms with Gasteiger partial charge >= 0.3 is 5.97 Å². The van der Waals surface area contributed by atoms with E-state index in [1.165, 1.54) is 12.1 Å². The zero-order chi connectivity index (χ0) is 18.1. The largest absolute Gasteiger partial charge is 0.486 e. The lowest BCUT2D eigenvalue weighted by molar-refractivity contribution is 0.0697. The van der Waals surface area contributed by atoms with Crippen LogP contribution in [0.3, 0.4) is 0 Å². The van der Waals surface area contributed by atoms with Crippen LogP contribution in [0.2, 0.25) is 0 Å². The van der Waals surface area contributed by atoms with Gasteiger partial charge in [0.1, 0.15) is 13.2 Å². The van der Waals surface area contributed by atoms with Crippen LogP contribution >= 0.6 is 0 Å². The number of benzene rings is 2. The van der Waals surface area contributed by atoms with Crippen LogP contribution in [-0.2, 0) is 0 Å². The van der Waals surface area contributed by atoms with E-state index in [1.54, 1.807) is 17.0 Å². The SMILES string of the molecule is O=C(O)c1cccc(C(=O)N2CCCC2c2cccc3c2OCCO3)c1. The van der Waals surface area contributed by atoms with Gasteiger partial charge in [0.25, 0.3) is 5.91 Å². The second kappa shape index (κ2) is 6.71. The molecule has 2 aliphatic heterocycles. The van der Waals surface area contributed by atoms with E-state index in [2.05, 4.69) is 0 Å². The number of aromatic carboxylic acids is 1. The molecule has 1 atom stereocenters. The number of para-hydroxylation sites is 1. The molecule has 134 valence electrons. The van der Waals surface area contributed by atoms with E-state index in [4.69, 9.17) is 14.6 Å². The Balaban J connectivity index is 1.66. The Morgan fingerprint density at radius 2 is 1.81 bits per heavy atom. The van der Waals surface area contributed by atoms with E-state index in [1.807, 2.05) is 18.2 Å². The number of carboxylic acids is 1. The highest BCUT2D eigenvalue weighted by atomic mass is 16.6. The summed E-state index contributed by atoms with van der Waals surface area (Å²) in [5.41, 5.74) is 1.45. The van der Waals surface area contributed by atoms with E-state index in [9.17, 15) is 9.59 Å². The van der Waals surface area contributed by atoms with E-state index in [-0.39, 0.29) is 17.5 Å². The summed E-state index contributed by atoms with van der Waals surface area (Å²) in [6.45, 7) is 1.64. The number of fused-ring (bicyclic) bond motifs is 1. The van der Waals surface area contributed by atoms with Gasteiger partial charge in [-0.3, -0.25) is 4.79 Å². The molecule has 0 aliphatic carbocycles. The Morgan fingerprint density at radius 1 is 1.04 bits per heavy atom. The van der Waals surface area contributed by atoms with Gasteiger partial charge in [-0.05, 0) is 37.1 Å². The molecule has 0 aromatic heterocycles. The lowest BCUT2D eigenvalue weighted by Gasteiger charge is -2.29. The number of nitrogens with zero attached hydrogens (tertiary/aromatic N) is 1. The number of rotatable bonds is 3. The summed E-state index contributed by atoms with van der Waals surface area (Å²) in [4.78, 5) is 26.0. The lowest BCUT2D eigenvalue weighted by atomic mass is 10.0. The summed E-state index contributed by atoms with van der Waals surface area (Å²) >= 11 is 0. The van der Waals surface area contributed by atoms with Crippen LogP contribution in [0.4, 0.5) is 0 Å². The first kappa shape index (κ1) is 16.4. The van der Waals surface area contributed by atoms with Crippen molar-refractivity contribution in [2.24, 2.45) is 0 Å². The maximum Gasteiger partial charge on any atom is 0.335 e. The molecule has 1 fully saturated rings. The van der Waals surface area contributed by atoms with Crippen LogP contribution in [0.1, 0.15) is 45.2 Å². The van der Waals surface area contributed by atoms with Gasteiger partial charge < -0.3 is 19.5 Å². The van der Waals surface area contributed by atoms with Gasteiger partial charge in [-0.1, -0.05) is 18.2 Å². The molecule has 2 aromatic rings. The van der Waals surface area contributed by atoms with Crippen LogP contribution in [0, 0.1) is 0 Å². The van der Waals surface area contributed by atoms with Gasteiger partial charge in [0.05, 0.1) is 11.6 Å². The topological polar surface area (TPSA) is 76.1 Å². The van der Waals surface area contributed by atoms with Crippen LogP contribution in [-0.4, -0.2) is 41.6 Å². The molecular weight excluding hydrogens is 334 g/mol. The predicted molar refractivity (Wildman–Crippen MR) is 93.8 cm³/mol. The van der Waals surface area contributed by atoms with Crippen molar-refractivity contribution >= 4 is 11.9 Å². The maximum atomic E-state index is 13.0. The van der Waals surface area contributed by atoms with Crippen molar-refractivity contribution in [2.75, 3.05) is 19.8 Å². The van der Waals surface area contributed by atoms with Crippen LogP contribution in [0.5, 0.6) is 11.5 Å². The zero-order valence-corrected chi connectivity index (χ0v) is 14.2. The molecule has 1 amide bonds. The van der Waals surface area contributed by atoms with Crippen molar-refractivity contribution in [2.45, 2.75) is 18.9 Å². The molecule has 0 radical (unpaired) electrons. The molecule has 0 spiro atoms. The standard InChI is InChI=1S/C20H19NO5/c22-19(13-4-1-5-14(12-13)20(23)24)21-9-3-7-16(21)15-6-2-8-17-18(15)26-11-10-25-17/h1-2,4-6,8,12,16H,3,7,9-11H2,(H,23,24). The van der Waals surface area contributed by atoms with Gasteiger partial charge in [-0.2, -0.15) is 0 Å². The van der Waals surface area contributed by atoms with E-state index in [0.717, 1.165) is 18.4 Å². The Morgan fingerprint density at radius 3 is 2.65 bits per heavy atom. The first-order valence-electron chi connectivity index (χ1n) is 8.68. The molecule has 1 saturated heterocycles. The van der Waals surface area contributed by atoms with Crippen LogP contribution < -0.4 is 9.47 Å². The summed E-state index contributed by atoms with van der Waals surface area (Å²) in [7, 11) is 0. The van der Waals surface area contributed by atoms with Crippen LogP contribution in [0.25, 0.3) is 0 Å². The fourth-order valence-corrected chi connectivity index (χ4v) is 3.64. The lowest BCUT2D eigenvalue weighted by Crippen LogP contribution is -2.31. The first-order chi connectivity index (χ1) is 12.6. The average molecular weight is 353 g/mol. The minimum absolute atomic E-state index is 0.104. The third-order valence-corrected chi connectivity index (χ3v) is 4.83. The average Bonchev–Trinajstić information content (AvgIpc) is 3.16. The van der Waals surface area contributed by atoms with E-state index < -0.39 is 5.97 Å². The Labute approximate surface area is 151 Å². The molecule has 1 unspecified atom stereocenters. The number of carbonyl (C=O) groups is 2. The Hall–Kier alpha value is -3.02. The Kier molecular flexibility index (Phi) is 4.24. The van der Waals surface area contributed by atoms with Crippen molar-refractivity contribution in [1.29, 1.82) is 0 Å². The maximum absolute atomic E-state index is 13.0. The highest BCUT2D eigenvalue weighted by Crippen LogP contribution is 2.43. The molecule has 6 heteroatoms. The number of likely N-dealkylation sites (tertiary alicyclic amines) is 1. The molecule has 2 heterocycles. The smallest absolute Gasteiger partial charge is 0.335 e. The zero-order valence-electron chi connectivity index (χ0n) is 14.2. The van der Waals surface area contributed by atoms with Crippen molar-refractivity contribution in [3.05, 3.63) is 59.2 Å². The highest BCUT2D eigenvalue weighted by molar-refractivity contribution is 5.97. The van der Waals surface area contributed by atoms with Crippen LogP contribution in [0.15, 0.2) is 42.5 Å². The highest BCUT2D eigenvalue weighted by Gasteiger charge is 2.34. The monoisotopic (exact) mass is 353 g/mol. The van der Waals surface area contributed by atoms with Crippen molar-refractivity contribution in [1.82, 2.24) is 4.90 Å². The Bertz CT molecular complexity index is 863. The number of amides is 1. The minimum Gasteiger partial charge on any atom is -0.486 e. The van der Waals surface area contributed by atoms with Gasteiger partial charge in [0, 0.05) is 17.7 Å². The molecule has 0 bridgehead atoms. The molecule has 1 N–H and O–H groups in total. The summed E-state index contributed by atoms with van der Waals surface area (Å²) < 4.78 is 11.5. The molecule has 6 nitrogen and oxygen atoms in total. The fraction of sp³-hybridized carbons (Fsp3) is 0.300. The number of hydrogen-bond acceptors (Lipinski definition) is 4. The summed E-state index contributed by atoms with van der Waals surface area (Å²) in [5, 5.41) is 9.16. The number of carbonyl (C=O) groups excluding carboxylic acids is 1. The van der Waals surface area contributed by atoms with Gasteiger partial charge in [0.15, 0.2) is 11.5 Å². The second-order valence-electron chi connectivity index (χ2n) is 6.41. The molecular formula is C20H19NO5. The molecule has 2 aromatic carbocycles. The van der Waals surface area contributed by atoms with Crippen molar-refractivity contribution in [3.63, 3.8) is 0 Å². The number of ether oxygens (including phenoxy) is 2. The van der Waals surface area contributed by atoms with Crippen molar-refractivity contribution < 1.29 is 24.2 Å². The normalized spacial score (nSPS) is 18.6. The summed E-state index contributed by atoms with van der Waals surface area (Å²) in [6.07, 6.45) is 1.73.